The van der Waals surface area contributed by atoms with Gasteiger partial charge in [-0.2, -0.15) is 0 Å². The van der Waals surface area contributed by atoms with Crippen LogP contribution in [0.25, 0.3) is 0 Å². The van der Waals surface area contributed by atoms with Crippen molar-refractivity contribution in [1.82, 2.24) is 0 Å². The van der Waals surface area contributed by atoms with Crippen LogP contribution in [0.4, 0.5) is 0 Å². The molecule has 0 rings (SSSR count). The molecule has 0 saturated heterocycles. The Labute approximate surface area is 467 Å². The topological polar surface area (TPSA) is 68.3 Å². The van der Waals surface area contributed by atoms with Gasteiger partial charge in [-0.3, -0.25) is 0 Å². The zero-order valence-electron chi connectivity index (χ0n) is 16.0. The van der Waals surface area contributed by atoms with Gasteiger partial charge in [-0.05, 0) is 33.1 Å². The van der Waals surface area contributed by atoms with Crippen molar-refractivity contribution in [3.8, 4) is 0 Å². The second-order valence-corrected chi connectivity index (χ2v) is 3.94. The molecule has 0 aliphatic carbocycles. The van der Waals surface area contributed by atoms with E-state index in [0.717, 1.165) is 25.1 Å². The van der Waals surface area contributed by atoms with Crippen molar-refractivity contribution in [2.24, 2.45) is 5.41 Å². The summed E-state index contributed by atoms with van der Waals surface area (Å²) >= 11 is 0. The Morgan fingerprint density at radius 3 is 0.370 bits per heavy atom. The van der Waals surface area contributed by atoms with Gasteiger partial charge in [-0.15, -0.1) is 0 Å². The van der Waals surface area contributed by atoms with Crippen LogP contribution in [0.5, 0.6) is 0 Å². The molecule has 0 heterocycles. The van der Waals surface area contributed by atoms with Crippen molar-refractivity contribution in [3.05, 3.63) is 0 Å². The first kappa shape index (κ1) is 98.2. The summed E-state index contributed by atoms with van der Waals surface area (Å²) in [6, 6.07) is 0. The summed E-state index contributed by atoms with van der Waals surface area (Å²) in [5, 5.41) is 0. The number of hydrogen-bond acceptors (Lipinski definition) is 4. The molecule has 0 unspecified atom stereocenters. The van der Waals surface area contributed by atoms with E-state index >= 15 is 0 Å². The van der Waals surface area contributed by atoms with Crippen molar-refractivity contribution >= 4 is 25.1 Å². The van der Waals surface area contributed by atoms with Crippen LogP contribution in [0, 0.1) is 383 Å². The van der Waals surface area contributed by atoms with Crippen molar-refractivity contribution in [3.63, 3.8) is 0 Å². The molecule has 0 saturated carbocycles. The summed E-state index contributed by atoms with van der Waals surface area (Å²) in [5.74, 6) is 0. The Hall–Kier alpha value is 11.3. The second-order valence-electron chi connectivity index (χ2n) is 3.94. The maximum absolute atomic E-state index is 8.81. The molecule has 184 valence electrons. The van der Waals surface area contributed by atoms with Gasteiger partial charge in [0.15, 0.2) is 0 Å². The minimum Gasteiger partial charge on any atom is -0.304 e. The van der Waals surface area contributed by atoms with E-state index in [1.165, 1.54) is 27.7 Å². The maximum Gasteiger partial charge on any atom is 0.116 e. The fourth-order valence-electron chi connectivity index (χ4n) is 0. The molecular weight excluding hydrogens is 620 g/mol. The van der Waals surface area contributed by atoms with E-state index in [9.17, 15) is 0 Å². The van der Waals surface area contributed by atoms with Crippen molar-refractivity contribution < 1.29 is 397 Å². The van der Waals surface area contributed by atoms with Crippen LogP contribution < -0.4 is 0 Å². The molecule has 0 radical (unpaired) electrons. The Morgan fingerprint density at radius 1 is 0.370 bits per heavy atom. The van der Waals surface area contributed by atoms with Gasteiger partial charge in [0.2, 0.25) is 0 Å². The molecule has 0 aliphatic heterocycles. The van der Waals surface area contributed by atoms with Crippen LogP contribution in [0.1, 0.15) is 55.4 Å². The number of aldehydes is 4. The van der Waals surface area contributed by atoms with Gasteiger partial charge in [0.25, 0.3) is 0 Å². The SMILES string of the molecule is CC(C)(C)C.CC=O.CC=O.CC=O.CC=O.[Ar].[Ar].[Ar].[Ar].[Ar].[Ar].[Ar].[Ar].[Ar].[Ar]. The molecule has 0 bridgehead atoms. The van der Waals surface area contributed by atoms with Gasteiger partial charge < -0.3 is 19.2 Å². The smallest absolute Gasteiger partial charge is 0.116 e. The van der Waals surface area contributed by atoms with E-state index in [4.69, 9.17) is 19.2 Å². The number of carbonyl (C=O) groups is 4. The van der Waals surface area contributed by atoms with Crippen LogP contribution >= 0.6 is 0 Å². The normalized spacial score (nSPS) is 4.15. The molecule has 14 heteroatoms. The third kappa shape index (κ3) is 365. The zero-order chi connectivity index (χ0) is 15.3. The average Bonchev–Trinajstić information content (AvgIpc) is 2.04. The molecular formula is C13H28Ar10O4. The average molecular weight is 648 g/mol. The van der Waals surface area contributed by atoms with Gasteiger partial charge in [0.1, 0.15) is 25.1 Å². The summed E-state index contributed by atoms with van der Waals surface area (Å²) in [7, 11) is 0. The third-order valence-corrected chi connectivity index (χ3v) is 0. The van der Waals surface area contributed by atoms with E-state index in [2.05, 4.69) is 27.7 Å². The van der Waals surface area contributed by atoms with E-state index in [0.29, 0.717) is 5.41 Å². The minimum absolute atomic E-state index is 0. The molecule has 0 aromatic heterocycles. The summed E-state index contributed by atoms with van der Waals surface area (Å²) in [5.41, 5.74) is 0.500. The van der Waals surface area contributed by atoms with Crippen LogP contribution in [-0.4, -0.2) is 25.1 Å². The Bertz CT molecular complexity index is 142. The number of rotatable bonds is 0. The molecule has 0 fully saturated rings. The van der Waals surface area contributed by atoms with Crippen LogP contribution in [0.15, 0.2) is 0 Å². The molecule has 0 N–H and O–H groups in total. The zero-order valence-corrected chi connectivity index (χ0v) is 23.0. The summed E-state index contributed by atoms with van der Waals surface area (Å²) in [6.07, 6.45) is 3.00. The van der Waals surface area contributed by atoms with Crippen molar-refractivity contribution in [2.45, 2.75) is 55.4 Å². The summed E-state index contributed by atoms with van der Waals surface area (Å²) in [4.78, 5) is 35.2. The van der Waals surface area contributed by atoms with E-state index in [1.54, 1.807) is 0 Å². The largest absolute Gasteiger partial charge is 0.304 e. The standard InChI is InChI=1S/C5H12.4C2H4O.10Ar/c1-5(2,3)4;4*1-2-3;;;;;;;;;;/h1-4H3;4*2H,1H3;;;;;;;;;;. The minimum atomic E-state index is 0. The van der Waals surface area contributed by atoms with Gasteiger partial charge >= 0.3 is 0 Å². The molecule has 4 nitrogen and oxygen atoms in total. The summed E-state index contributed by atoms with van der Waals surface area (Å²) < 4.78 is 0. The van der Waals surface area contributed by atoms with Gasteiger partial charge in [0, 0.05) is 377 Å². The first-order chi connectivity index (χ1) is 7.66. The summed E-state index contributed by atoms with van der Waals surface area (Å²) in [6.45, 7) is 14.5. The van der Waals surface area contributed by atoms with Gasteiger partial charge in [0.05, 0.1) is 0 Å². The molecule has 0 atom stereocenters. The number of carbonyl (C=O) groups excluding carboxylic acids is 4. The predicted molar refractivity (Wildman–Crippen MR) is 72.1 cm³/mol. The van der Waals surface area contributed by atoms with E-state index in [1.807, 2.05) is 0 Å². The van der Waals surface area contributed by atoms with Crippen LogP contribution in [-0.2, 0) is 19.2 Å². The quantitative estimate of drug-likeness (QED) is 0.380. The molecule has 0 aromatic carbocycles. The Kier molecular flexibility index (Phi) is 394. The fraction of sp³-hybridized carbons (Fsp3) is 0.692. The molecule has 27 heavy (non-hydrogen) atoms. The third-order valence-electron chi connectivity index (χ3n) is 0. The first-order valence-electron chi connectivity index (χ1n) is 5.25. The monoisotopic (exact) mass is 648 g/mol. The molecule has 0 amide bonds. The Morgan fingerprint density at radius 2 is 0.370 bits per heavy atom. The van der Waals surface area contributed by atoms with E-state index < -0.39 is 0 Å². The van der Waals surface area contributed by atoms with Crippen LogP contribution in [0.2, 0.25) is 0 Å². The van der Waals surface area contributed by atoms with Crippen LogP contribution in [0.3, 0.4) is 0 Å². The second kappa shape index (κ2) is 108. The maximum atomic E-state index is 8.81. The molecule has 0 spiro atoms. The Balaban J connectivity index is -0.00000000476. The van der Waals surface area contributed by atoms with E-state index in [-0.39, 0.29) is 377 Å². The first-order valence-corrected chi connectivity index (χ1v) is 5.25. The van der Waals surface area contributed by atoms with Gasteiger partial charge in [-0.1, -0.05) is 27.7 Å². The number of hydrogen-bond donors (Lipinski definition) is 0. The molecule has 0 aromatic rings. The predicted octanol–water partition coefficient (Wildman–Crippen LogP) is 2.87. The van der Waals surface area contributed by atoms with Crippen molar-refractivity contribution in [2.75, 3.05) is 0 Å². The van der Waals surface area contributed by atoms with Crippen molar-refractivity contribution in [1.29, 1.82) is 0 Å². The van der Waals surface area contributed by atoms with Gasteiger partial charge in [-0.25, -0.2) is 0 Å². The fourth-order valence-corrected chi connectivity index (χ4v) is 0. The molecule has 0 aliphatic rings.